The molecule has 3 unspecified atom stereocenters. The molecule has 4 N–H and O–H groups in total. The van der Waals surface area contributed by atoms with E-state index in [1.807, 2.05) is 0 Å². The highest BCUT2D eigenvalue weighted by atomic mass is 31.2. The fourth-order valence-electron chi connectivity index (χ4n) is 6.72. The van der Waals surface area contributed by atoms with Crippen molar-refractivity contribution in [1.82, 2.24) is 0 Å². The minimum atomic E-state index is -4.63. The minimum absolute atomic E-state index is 0.00910. The molecule has 3 atom stereocenters. The normalized spacial score (nSPS) is 14.2. The summed E-state index contributed by atoms with van der Waals surface area (Å²) in [5.74, 6) is -1.79. The number of allylic oxidation sites excluding steroid dienone is 8. The third-order valence-electron chi connectivity index (χ3n) is 10.6. The molecule has 0 aromatic rings. The van der Waals surface area contributed by atoms with Gasteiger partial charge in [0.15, 0.2) is 0 Å². The van der Waals surface area contributed by atoms with Crippen molar-refractivity contribution in [3.05, 3.63) is 48.6 Å². The van der Waals surface area contributed by atoms with Crippen molar-refractivity contribution in [1.29, 1.82) is 0 Å². The summed E-state index contributed by atoms with van der Waals surface area (Å²) < 4.78 is 33.5. The molecule has 10 nitrogen and oxygen atoms in total. The van der Waals surface area contributed by atoms with Crippen LogP contribution in [0.25, 0.3) is 0 Å². The Hall–Kier alpha value is -2.07. The number of carbonyl (C=O) groups is 2. The average molecular weight is 882 g/mol. The number of carboxylic acids is 1. The van der Waals surface area contributed by atoms with Gasteiger partial charge < -0.3 is 25.2 Å². The van der Waals surface area contributed by atoms with Crippen molar-refractivity contribution in [2.24, 2.45) is 5.73 Å². The van der Waals surface area contributed by atoms with E-state index in [2.05, 4.69) is 62.5 Å². The number of rotatable bonds is 47. The summed E-state index contributed by atoms with van der Waals surface area (Å²) >= 11 is 0. The number of carboxylic acid groups (broad SMARTS) is 1. The van der Waals surface area contributed by atoms with E-state index in [1.54, 1.807) is 0 Å². The van der Waals surface area contributed by atoms with E-state index in [1.165, 1.54) is 122 Å². The van der Waals surface area contributed by atoms with E-state index in [-0.39, 0.29) is 13.0 Å². The molecule has 0 aliphatic rings. The van der Waals surface area contributed by atoms with Crippen LogP contribution < -0.4 is 5.73 Å². The lowest BCUT2D eigenvalue weighted by atomic mass is 10.1. The summed E-state index contributed by atoms with van der Waals surface area (Å²) in [6.07, 6.45) is 54.4. The van der Waals surface area contributed by atoms with Crippen LogP contribution >= 0.6 is 7.82 Å². The van der Waals surface area contributed by atoms with E-state index < -0.39 is 45.1 Å². The second-order valence-corrected chi connectivity index (χ2v) is 18.0. The highest BCUT2D eigenvalue weighted by Crippen LogP contribution is 2.43. The lowest BCUT2D eigenvalue weighted by molar-refractivity contribution is -0.154. The first-order valence-corrected chi connectivity index (χ1v) is 26.2. The highest BCUT2D eigenvalue weighted by Gasteiger charge is 2.27. The minimum Gasteiger partial charge on any atom is -0.480 e. The number of carbonyl (C=O) groups excluding carboxylic acids is 1. The lowest BCUT2D eigenvalue weighted by Gasteiger charge is -2.20. The maximum absolute atomic E-state index is 12.7. The van der Waals surface area contributed by atoms with Gasteiger partial charge in [-0.25, -0.2) is 4.57 Å². The molecule has 0 amide bonds. The Morgan fingerprint density at radius 1 is 0.525 bits per heavy atom. The molecule has 0 aromatic carbocycles. The molecule has 0 saturated carbocycles. The molecule has 356 valence electrons. The number of nitrogens with two attached hydrogens (primary N) is 1. The Morgan fingerprint density at radius 2 is 0.902 bits per heavy atom. The maximum Gasteiger partial charge on any atom is 0.472 e. The first kappa shape index (κ1) is 58.9. The van der Waals surface area contributed by atoms with Crippen LogP contribution in [0.4, 0.5) is 0 Å². The van der Waals surface area contributed by atoms with Gasteiger partial charge >= 0.3 is 19.8 Å². The van der Waals surface area contributed by atoms with Gasteiger partial charge in [-0.3, -0.25) is 18.6 Å². The predicted molar refractivity (Wildman–Crippen MR) is 254 cm³/mol. The zero-order valence-electron chi connectivity index (χ0n) is 39.0. The zero-order chi connectivity index (χ0) is 44.8. The Bertz CT molecular complexity index is 1160. The quantitative estimate of drug-likeness (QED) is 0.0233. The van der Waals surface area contributed by atoms with Crippen molar-refractivity contribution >= 4 is 19.8 Å². The van der Waals surface area contributed by atoms with Gasteiger partial charge in [0.1, 0.15) is 12.1 Å². The van der Waals surface area contributed by atoms with Crippen molar-refractivity contribution < 1.29 is 42.7 Å². The predicted octanol–water partition coefficient (Wildman–Crippen LogP) is 14.2. The van der Waals surface area contributed by atoms with Crippen molar-refractivity contribution in [2.45, 2.75) is 231 Å². The largest absolute Gasteiger partial charge is 0.480 e. The third kappa shape index (κ3) is 45.8. The molecule has 0 aliphatic heterocycles. The molecule has 0 saturated heterocycles. The number of hydrogen-bond acceptors (Lipinski definition) is 8. The molecule has 0 radical (unpaired) electrons. The number of ether oxygens (including phenoxy) is 2. The topological polar surface area (TPSA) is 155 Å². The summed E-state index contributed by atoms with van der Waals surface area (Å²) in [5, 5.41) is 8.92. The van der Waals surface area contributed by atoms with Crippen molar-refractivity contribution in [3.8, 4) is 0 Å². The molecular formula is C50H92NO9P. The van der Waals surface area contributed by atoms with Crippen LogP contribution in [0, 0.1) is 0 Å². The van der Waals surface area contributed by atoms with Crippen LogP contribution in [0.2, 0.25) is 0 Å². The standard InChI is InChI=1S/C50H92NO9P/c1-3-5-7-9-11-13-15-17-19-21-23-24-25-26-28-30-32-34-36-38-40-42-49(52)60-47(45-58-61(55,56)59-46-48(51)50(53)54)44-57-43-41-39-37-35-33-31-29-27-22-20-18-16-14-12-10-8-6-4-2/h15,17-18,20-21,23,25-26,47-48H,3-14,16,19,22,24,27-46,51H2,1-2H3,(H,53,54)(H,55,56)/b17-15-,20-18-,23-21-,26-25-. The molecule has 11 heteroatoms. The second-order valence-electron chi connectivity index (χ2n) is 16.6. The van der Waals surface area contributed by atoms with Crippen molar-refractivity contribution in [2.75, 3.05) is 26.4 Å². The fraction of sp³-hybridized carbons (Fsp3) is 0.800. The van der Waals surface area contributed by atoms with Crippen LogP contribution in [0.15, 0.2) is 48.6 Å². The van der Waals surface area contributed by atoms with E-state index in [0.717, 1.165) is 70.6 Å². The SMILES string of the molecule is CCCCCCC/C=C\C/C=C\C/C=C\CCCCCCCCC(=O)OC(COCCCCCCCCCC/C=C\CCCCCCCC)COP(=O)(O)OCC(N)C(=O)O. The summed E-state index contributed by atoms with van der Waals surface area (Å²) in [6.45, 7) is 3.86. The van der Waals surface area contributed by atoms with Crippen LogP contribution in [-0.4, -0.2) is 60.5 Å². The Kier molecular flexibility index (Phi) is 44.4. The summed E-state index contributed by atoms with van der Waals surface area (Å²) in [6, 6.07) is -1.48. The molecule has 0 aromatic heterocycles. The lowest BCUT2D eigenvalue weighted by Crippen LogP contribution is -2.34. The molecule has 0 aliphatic carbocycles. The van der Waals surface area contributed by atoms with Gasteiger partial charge in [-0.1, -0.05) is 184 Å². The molecule has 0 spiro atoms. The molecule has 0 bridgehead atoms. The Labute approximate surface area is 373 Å². The number of unbranched alkanes of at least 4 members (excludes halogenated alkanes) is 25. The number of phosphoric ester groups is 1. The summed E-state index contributed by atoms with van der Waals surface area (Å²) in [7, 11) is -4.63. The number of phosphoric acid groups is 1. The molecule has 61 heavy (non-hydrogen) atoms. The first-order valence-electron chi connectivity index (χ1n) is 24.7. The van der Waals surface area contributed by atoms with Crippen molar-refractivity contribution in [3.63, 3.8) is 0 Å². The maximum atomic E-state index is 12.7. The van der Waals surface area contributed by atoms with Crippen LogP contribution in [0.1, 0.15) is 219 Å². The molecule has 0 fully saturated rings. The molecular weight excluding hydrogens is 790 g/mol. The Balaban J connectivity index is 4.21. The summed E-state index contributed by atoms with van der Waals surface area (Å²) in [5.41, 5.74) is 5.37. The van der Waals surface area contributed by atoms with E-state index in [0.29, 0.717) is 13.0 Å². The van der Waals surface area contributed by atoms with E-state index >= 15 is 0 Å². The van der Waals surface area contributed by atoms with Crippen LogP contribution in [0.5, 0.6) is 0 Å². The summed E-state index contributed by atoms with van der Waals surface area (Å²) in [4.78, 5) is 33.6. The first-order chi connectivity index (χ1) is 29.7. The molecule has 0 heterocycles. The Morgan fingerprint density at radius 3 is 1.36 bits per heavy atom. The van der Waals surface area contributed by atoms with Gasteiger partial charge in [0.05, 0.1) is 19.8 Å². The smallest absolute Gasteiger partial charge is 0.472 e. The number of hydrogen-bond donors (Lipinski definition) is 3. The number of aliphatic carboxylic acids is 1. The van der Waals surface area contributed by atoms with Gasteiger partial charge in [0.2, 0.25) is 0 Å². The van der Waals surface area contributed by atoms with E-state index in [9.17, 15) is 19.0 Å². The van der Waals surface area contributed by atoms with E-state index in [4.69, 9.17) is 29.4 Å². The van der Waals surface area contributed by atoms with Crippen LogP contribution in [0.3, 0.4) is 0 Å². The van der Waals surface area contributed by atoms with Gasteiger partial charge in [0.25, 0.3) is 0 Å². The van der Waals surface area contributed by atoms with Gasteiger partial charge in [0, 0.05) is 13.0 Å². The van der Waals surface area contributed by atoms with Gasteiger partial charge in [-0.15, -0.1) is 0 Å². The van der Waals surface area contributed by atoms with Gasteiger partial charge in [-0.05, 0) is 77.0 Å². The third-order valence-corrected chi connectivity index (χ3v) is 11.5. The monoisotopic (exact) mass is 882 g/mol. The highest BCUT2D eigenvalue weighted by molar-refractivity contribution is 7.47. The second kappa shape index (κ2) is 45.9. The fourth-order valence-corrected chi connectivity index (χ4v) is 7.50. The average Bonchev–Trinajstić information content (AvgIpc) is 3.24. The zero-order valence-corrected chi connectivity index (χ0v) is 39.9. The van der Waals surface area contributed by atoms with Crippen LogP contribution in [-0.2, 0) is 32.7 Å². The number of esters is 1. The molecule has 0 rings (SSSR count). The van der Waals surface area contributed by atoms with Gasteiger partial charge in [-0.2, -0.15) is 0 Å².